The van der Waals surface area contributed by atoms with Crippen molar-refractivity contribution in [1.29, 1.82) is 0 Å². The highest BCUT2D eigenvalue weighted by molar-refractivity contribution is 5.92. The molecule has 0 atom stereocenters. The number of ether oxygens (including phenoxy) is 1. The highest BCUT2D eigenvalue weighted by Crippen LogP contribution is 2.16. The predicted molar refractivity (Wildman–Crippen MR) is 87.5 cm³/mol. The zero-order chi connectivity index (χ0) is 15.8. The lowest BCUT2D eigenvalue weighted by molar-refractivity contribution is 0.0932. The minimum atomic E-state index is -0.198. The molecule has 22 heavy (non-hydrogen) atoms. The number of aromatic nitrogens is 1. The number of aryl methyl sites for hydroxylation is 1. The number of anilines is 2. The Hall–Kier alpha value is -2.40. The third-order valence-corrected chi connectivity index (χ3v) is 3.24. The Balaban J connectivity index is 1.94. The third kappa shape index (κ3) is 4.56. The maximum Gasteiger partial charge on any atom is 0.269 e. The first kappa shape index (κ1) is 16.0. The Morgan fingerprint density at radius 1 is 1.14 bits per heavy atom. The van der Waals surface area contributed by atoms with E-state index < -0.39 is 0 Å². The van der Waals surface area contributed by atoms with Crippen LogP contribution in [0.1, 0.15) is 23.0 Å². The highest BCUT2D eigenvalue weighted by atomic mass is 16.5. The third-order valence-electron chi connectivity index (χ3n) is 3.24. The molecular formula is C17H21N3O2. The van der Waals surface area contributed by atoms with Gasteiger partial charge in [-0.1, -0.05) is 19.1 Å². The van der Waals surface area contributed by atoms with E-state index in [-0.39, 0.29) is 5.91 Å². The Morgan fingerprint density at radius 3 is 2.45 bits per heavy atom. The Morgan fingerprint density at radius 2 is 1.86 bits per heavy atom. The second kappa shape index (κ2) is 8.14. The molecule has 0 aliphatic carbocycles. The number of carbonyl (C=O) groups excluding carboxylic acids is 1. The van der Waals surface area contributed by atoms with Gasteiger partial charge in [0.1, 0.15) is 5.69 Å². The van der Waals surface area contributed by atoms with E-state index in [0.29, 0.717) is 18.8 Å². The van der Waals surface area contributed by atoms with Gasteiger partial charge in [0.05, 0.1) is 18.5 Å². The molecule has 1 amide bonds. The number of carbonyl (C=O) groups is 1. The standard InChI is InChI=1S/C17H21N3O2/c1-3-13-4-6-14(7-5-13)20-15-8-9-16(19-12-15)17(21)18-10-11-22-2/h4-9,12,20H,3,10-11H2,1-2H3,(H,18,21). The molecule has 2 aromatic rings. The molecule has 5 nitrogen and oxygen atoms in total. The summed E-state index contributed by atoms with van der Waals surface area (Å²) >= 11 is 0. The number of hydrogen-bond acceptors (Lipinski definition) is 4. The average molecular weight is 299 g/mol. The quantitative estimate of drug-likeness (QED) is 0.772. The average Bonchev–Trinajstić information content (AvgIpc) is 2.56. The molecule has 0 radical (unpaired) electrons. The molecule has 0 aliphatic heterocycles. The SMILES string of the molecule is CCc1ccc(Nc2ccc(C(=O)NCCOC)nc2)cc1. The van der Waals surface area contributed by atoms with E-state index in [1.807, 2.05) is 18.2 Å². The second-order valence-corrected chi connectivity index (χ2v) is 4.86. The molecule has 0 unspecified atom stereocenters. The molecule has 0 saturated carbocycles. The molecule has 1 aromatic heterocycles. The fourth-order valence-electron chi connectivity index (χ4n) is 1.95. The van der Waals surface area contributed by atoms with Crippen molar-refractivity contribution in [2.45, 2.75) is 13.3 Å². The van der Waals surface area contributed by atoms with E-state index in [1.54, 1.807) is 19.4 Å². The molecule has 5 heteroatoms. The van der Waals surface area contributed by atoms with Crippen molar-refractivity contribution in [2.75, 3.05) is 25.6 Å². The molecule has 0 spiro atoms. The number of methoxy groups -OCH3 is 1. The van der Waals surface area contributed by atoms with Gasteiger partial charge in [-0.15, -0.1) is 0 Å². The topological polar surface area (TPSA) is 63.2 Å². The lowest BCUT2D eigenvalue weighted by Crippen LogP contribution is -2.27. The Kier molecular flexibility index (Phi) is 5.91. The first-order chi connectivity index (χ1) is 10.7. The van der Waals surface area contributed by atoms with Gasteiger partial charge in [-0.05, 0) is 36.2 Å². The minimum Gasteiger partial charge on any atom is -0.383 e. The van der Waals surface area contributed by atoms with Gasteiger partial charge in [-0.25, -0.2) is 4.98 Å². The zero-order valence-electron chi connectivity index (χ0n) is 12.9. The van der Waals surface area contributed by atoms with Crippen LogP contribution in [-0.2, 0) is 11.2 Å². The van der Waals surface area contributed by atoms with Crippen LogP contribution in [0.5, 0.6) is 0 Å². The maximum atomic E-state index is 11.8. The number of nitrogens with zero attached hydrogens (tertiary/aromatic N) is 1. The summed E-state index contributed by atoms with van der Waals surface area (Å²) in [6.45, 7) is 3.09. The second-order valence-electron chi connectivity index (χ2n) is 4.86. The van der Waals surface area contributed by atoms with Gasteiger partial charge < -0.3 is 15.4 Å². The minimum absolute atomic E-state index is 0.198. The molecule has 116 valence electrons. The van der Waals surface area contributed by atoms with Crippen LogP contribution >= 0.6 is 0 Å². The monoisotopic (exact) mass is 299 g/mol. The summed E-state index contributed by atoms with van der Waals surface area (Å²) < 4.78 is 4.88. The van der Waals surface area contributed by atoms with Crippen LogP contribution in [0.15, 0.2) is 42.6 Å². The summed E-state index contributed by atoms with van der Waals surface area (Å²) in [4.78, 5) is 16.0. The number of hydrogen-bond donors (Lipinski definition) is 2. The van der Waals surface area contributed by atoms with Crippen LogP contribution in [0.25, 0.3) is 0 Å². The fraction of sp³-hybridized carbons (Fsp3) is 0.294. The van der Waals surface area contributed by atoms with Crippen LogP contribution in [-0.4, -0.2) is 31.2 Å². The number of benzene rings is 1. The number of amides is 1. The van der Waals surface area contributed by atoms with Crippen molar-refractivity contribution >= 4 is 17.3 Å². The van der Waals surface area contributed by atoms with Gasteiger partial charge in [-0.3, -0.25) is 4.79 Å². The van der Waals surface area contributed by atoms with Gasteiger partial charge >= 0.3 is 0 Å². The van der Waals surface area contributed by atoms with Crippen molar-refractivity contribution in [3.63, 3.8) is 0 Å². The van der Waals surface area contributed by atoms with E-state index in [2.05, 4.69) is 34.7 Å². The van der Waals surface area contributed by atoms with E-state index in [1.165, 1.54) is 5.56 Å². The predicted octanol–water partition coefficient (Wildman–Crippen LogP) is 2.76. The number of pyridine rings is 1. The van der Waals surface area contributed by atoms with Gasteiger partial charge in [0, 0.05) is 19.3 Å². The maximum absolute atomic E-state index is 11.8. The van der Waals surface area contributed by atoms with Gasteiger partial charge in [-0.2, -0.15) is 0 Å². The van der Waals surface area contributed by atoms with Crippen LogP contribution in [0.2, 0.25) is 0 Å². The molecule has 0 saturated heterocycles. The largest absolute Gasteiger partial charge is 0.383 e. The molecule has 1 heterocycles. The van der Waals surface area contributed by atoms with Gasteiger partial charge in [0.15, 0.2) is 0 Å². The normalized spacial score (nSPS) is 10.3. The van der Waals surface area contributed by atoms with Crippen molar-refractivity contribution in [2.24, 2.45) is 0 Å². The van der Waals surface area contributed by atoms with E-state index >= 15 is 0 Å². The summed E-state index contributed by atoms with van der Waals surface area (Å²) in [6.07, 6.45) is 2.67. The van der Waals surface area contributed by atoms with Crippen LogP contribution in [0, 0.1) is 0 Å². The van der Waals surface area contributed by atoms with E-state index in [0.717, 1.165) is 17.8 Å². The van der Waals surface area contributed by atoms with E-state index in [9.17, 15) is 4.79 Å². The smallest absolute Gasteiger partial charge is 0.269 e. The molecule has 2 N–H and O–H groups in total. The van der Waals surface area contributed by atoms with Crippen LogP contribution in [0.3, 0.4) is 0 Å². The summed E-state index contributed by atoms with van der Waals surface area (Å²) in [6, 6.07) is 11.8. The summed E-state index contributed by atoms with van der Waals surface area (Å²) in [5, 5.41) is 5.99. The fourth-order valence-corrected chi connectivity index (χ4v) is 1.95. The zero-order valence-corrected chi connectivity index (χ0v) is 12.9. The molecule has 0 fully saturated rings. The number of nitrogens with one attached hydrogen (secondary N) is 2. The summed E-state index contributed by atoms with van der Waals surface area (Å²) in [5.74, 6) is -0.198. The van der Waals surface area contributed by atoms with Crippen molar-refractivity contribution in [3.05, 3.63) is 53.9 Å². The van der Waals surface area contributed by atoms with Crippen LogP contribution in [0.4, 0.5) is 11.4 Å². The van der Waals surface area contributed by atoms with E-state index in [4.69, 9.17) is 4.74 Å². The van der Waals surface area contributed by atoms with Crippen molar-refractivity contribution in [1.82, 2.24) is 10.3 Å². The molecule has 1 aromatic carbocycles. The molecule has 2 rings (SSSR count). The van der Waals surface area contributed by atoms with Crippen LogP contribution < -0.4 is 10.6 Å². The molecular weight excluding hydrogens is 278 g/mol. The van der Waals surface area contributed by atoms with Gasteiger partial charge in [0.25, 0.3) is 5.91 Å². The lowest BCUT2D eigenvalue weighted by atomic mass is 10.1. The molecule has 0 aliphatic rings. The molecule has 0 bridgehead atoms. The lowest BCUT2D eigenvalue weighted by Gasteiger charge is -2.08. The van der Waals surface area contributed by atoms with Crippen molar-refractivity contribution < 1.29 is 9.53 Å². The Labute approximate surface area is 130 Å². The van der Waals surface area contributed by atoms with Gasteiger partial charge in [0.2, 0.25) is 0 Å². The summed E-state index contributed by atoms with van der Waals surface area (Å²) in [7, 11) is 1.60. The summed E-state index contributed by atoms with van der Waals surface area (Å²) in [5.41, 5.74) is 3.53. The first-order valence-corrected chi connectivity index (χ1v) is 7.32. The van der Waals surface area contributed by atoms with Crippen molar-refractivity contribution in [3.8, 4) is 0 Å². The highest BCUT2D eigenvalue weighted by Gasteiger charge is 2.06. The number of rotatable bonds is 7. The Bertz CT molecular complexity index is 594. The first-order valence-electron chi connectivity index (χ1n) is 7.32.